The molecule has 0 spiro atoms. The zero-order chi connectivity index (χ0) is 15.7. The number of aromatic amines is 1. The Hall–Kier alpha value is -1.87. The number of morpholine rings is 1. The van der Waals surface area contributed by atoms with Gasteiger partial charge in [-0.2, -0.15) is 5.10 Å². The third-order valence-corrected chi connectivity index (χ3v) is 3.92. The Bertz CT molecular complexity index is 648. The zero-order valence-corrected chi connectivity index (χ0v) is 13.6. The highest BCUT2D eigenvalue weighted by Gasteiger charge is 2.30. The number of nitrogens with zero attached hydrogens (tertiary/aromatic N) is 5. The molecule has 0 unspecified atom stereocenters. The van der Waals surface area contributed by atoms with Gasteiger partial charge in [0.05, 0.1) is 13.2 Å². The summed E-state index contributed by atoms with van der Waals surface area (Å²) in [6.07, 6.45) is -0.298. The Balaban J connectivity index is 1.73. The number of carbonyl (C=O) groups is 1. The minimum absolute atomic E-state index is 0.127. The Kier molecular flexibility index (Phi) is 3.92. The summed E-state index contributed by atoms with van der Waals surface area (Å²) < 4.78 is 9.46. The van der Waals surface area contributed by atoms with Gasteiger partial charge in [-0.25, -0.2) is 4.98 Å². The lowest BCUT2D eigenvalue weighted by atomic mass is 9.96. The van der Waals surface area contributed by atoms with Gasteiger partial charge in [0.1, 0.15) is 6.10 Å². The molecule has 0 aliphatic carbocycles. The molecule has 1 aliphatic heterocycles. The summed E-state index contributed by atoms with van der Waals surface area (Å²) in [5.41, 5.74) is 0.240. The summed E-state index contributed by atoms with van der Waals surface area (Å²) in [6.45, 7) is 7.56. The maximum atomic E-state index is 12.3. The average molecular weight is 322 g/mol. The van der Waals surface area contributed by atoms with Crippen molar-refractivity contribution in [1.29, 1.82) is 0 Å². The van der Waals surface area contributed by atoms with Crippen LogP contribution in [0.4, 0.5) is 0 Å². The molecule has 2 aromatic heterocycles. The van der Waals surface area contributed by atoms with Crippen LogP contribution >= 0.6 is 11.5 Å². The summed E-state index contributed by atoms with van der Waals surface area (Å²) in [5, 5.41) is 12.6. The molecule has 22 heavy (non-hydrogen) atoms. The lowest BCUT2D eigenvalue weighted by Gasteiger charge is -2.31. The van der Waals surface area contributed by atoms with E-state index in [-0.39, 0.29) is 17.4 Å². The Morgan fingerprint density at radius 2 is 2.32 bits per heavy atom. The quantitative estimate of drug-likeness (QED) is 0.891. The second-order valence-corrected chi connectivity index (χ2v) is 6.80. The van der Waals surface area contributed by atoms with E-state index in [1.165, 1.54) is 11.5 Å². The van der Waals surface area contributed by atoms with E-state index in [1.807, 2.05) is 20.8 Å². The zero-order valence-electron chi connectivity index (χ0n) is 12.7. The number of amides is 1. The first-order valence-electron chi connectivity index (χ1n) is 7.06. The largest absolute Gasteiger partial charge is 0.367 e. The van der Waals surface area contributed by atoms with Crippen molar-refractivity contribution in [2.45, 2.75) is 32.3 Å². The molecule has 8 nitrogen and oxygen atoms in total. The molecule has 1 aliphatic rings. The van der Waals surface area contributed by atoms with Gasteiger partial charge in [-0.15, -0.1) is 5.10 Å². The van der Waals surface area contributed by atoms with Crippen molar-refractivity contribution in [3.8, 4) is 0 Å². The van der Waals surface area contributed by atoms with E-state index >= 15 is 0 Å². The van der Waals surface area contributed by atoms with E-state index in [2.05, 4.69) is 24.8 Å². The minimum Gasteiger partial charge on any atom is -0.367 e. The first kappa shape index (κ1) is 15.0. The van der Waals surface area contributed by atoms with Crippen molar-refractivity contribution in [3.05, 3.63) is 22.7 Å². The minimum atomic E-state index is -0.298. The average Bonchev–Trinajstić information content (AvgIpc) is 3.17. The highest BCUT2D eigenvalue weighted by molar-refractivity contribution is 7.03. The third kappa shape index (κ3) is 3.00. The predicted molar refractivity (Wildman–Crippen MR) is 79.6 cm³/mol. The van der Waals surface area contributed by atoms with Crippen LogP contribution in [0, 0.1) is 0 Å². The highest BCUT2D eigenvalue weighted by Crippen LogP contribution is 2.23. The van der Waals surface area contributed by atoms with Crippen LogP contribution in [0.25, 0.3) is 0 Å². The smallest absolute Gasteiger partial charge is 0.275 e. The molecule has 118 valence electrons. The summed E-state index contributed by atoms with van der Waals surface area (Å²) in [4.78, 5) is 18.5. The third-order valence-electron chi connectivity index (χ3n) is 3.41. The van der Waals surface area contributed by atoms with E-state index < -0.39 is 0 Å². The summed E-state index contributed by atoms with van der Waals surface area (Å²) in [7, 11) is 0. The predicted octanol–water partition coefficient (Wildman–Crippen LogP) is 1.17. The molecule has 1 N–H and O–H groups in total. The van der Waals surface area contributed by atoms with E-state index in [9.17, 15) is 4.79 Å². The fourth-order valence-corrected chi connectivity index (χ4v) is 2.60. The number of rotatable bonds is 2. The molecule has 0 aromatic carbocycles. The SMILES string of the molecule is CC(C)(C)c1n[nH]c([C@H]2CN(C(=O)c3csnn3)CCO2)n1. The Morgan fingerprint density at radius 1 is 1.50 bits per heavy atom. The van der Waals surface area contributed by atoms with Gasteiger partial charge >= 0.3 is 0 Å². The molecule has 9 heteroatoms. The molecule has 0 bridgehead atoms. The molecule has 1 saturated heterocycles. The molecule has 1 atom stereocenters. The van der Waals surface area contributed by atoms with Crippen molar-refractivity contribution in [2.75, 3.05) is 19.7 Å². The van der Waals surface area contributed by atoms with E-state index in [0.29, 0.717) is 31.2 Å². The number of carbonyl (C=O) groups excluding carboxylic acids is 1. The molecule has 1 amide bonds. The van der Waals surface area contributed by atoms with Crippen LogP contribution in [-0.2, 0) is 10.2 Å². The lowest BCUT2D eigenvalue weighted by Crippen LogP contribution is -2.42. The van der Waals surface area contributed by atoms with Crippen LogP contribution in [0.2, 0.25) is 0 Å². The van der Waals surface area contributed by atoms with Crippen LogP contribution in [0.5, 0.6) is 0 Å². The van der Waals surface area contributed by atoms with E-state index in [0.717, 1.165) is 5.82 Å². The highest BCUT2D eigenvalue weighted by atomic mass is 32.1. The van der Waals surface area contributed by atoms with Gasteiger partial charge in [-0.05, 0) is 11.5 Å². The molecule has 0 saturated carbocycles. The lowest BCUT2D eigenvalue weighted by molar-refractivity contribution is -0.0268. The monoisotopic (exact) mass is 322 g/mol. The van der Waals surface area contributed by atoms with Gasteiger partial charge in [0.2, 0.25) is 0 Å². The van der Waals surface area contributed by atoms with Crippen molar-refractivity contribution in [3.63, 3.8) is 0 Å². The van der Waals surface area contributed by atoms with Gasteiger partial charge in [0, 0.05) is 17.3 Å². The van der Waals surface area contributed by atoms with Gasteiger partial charge in [0.25, 0.3) is 5.91 Å². The van der Waals surface area contributed by atoms with Gasteiger partial charge in [0.15, 0.2) is 17.3 Å². The number of ether oxygens (including phenoxy) is 1. The van der Waals surface area contributed by atoms with E-state index in [1.54, 1.807) is 10.3 Å². The van der Waals surface area contributed by atoms with E-state index in [4.69, 9.17) is 4.74 Å². The maximum Gasteiger partial charge on any atom is 0.275 e. The molecule has 1 fully saturated rings. The number of nitrogens with one attached hydrogen (secondary N) is 1. The van der Waals surface area contributed by atoms with Crippen LogP contribution in [0.15, 0.2) is 5.38 Å². The molecule has 0 radical (unpaired) electrons. The molecule has 2 aromatic rings. The fraction of sp³-hybridized carbons (Fsp3) is 0.615. The van der Waals surface area contributed by atoms with Crippen LogP contribution in [0.1, 0.15) is 49.0 Å². The van der Waals surface area contributed by atoms with Crippen molar-refractivity contribution in [1.82, 2.24) is 29.7 Å². The number of aromatic nitrogens is 5. The van der Waals surface area contributed by atoms with Crippen LogP contribution in [-0.4, -0.2) is 55.3 Å². The number of H-pyrrole nitrogens is 1. The molecular weight excluding hydrogens is 304 g/mol. The van der Waals surface area contributed by atoms with Gasteiger partial charge < -0.3 is 9.64 Å². The van der Waals surface area contributed by atoms with Crippen molar-refractivity contribution < 1.29 is 9.53 Å². The molecular formula is C13H18N6O2S. The second kappa shape index (κ2) is 5.73. The van der Waals surface area contributed by atoms with Crippen LogP contribution in [0.3, 0.4) is 0 Å². The maximum absolute atomic E-state index is 12.3. The standard InChI is InChI=1S/C13H18N6O2S/c1-13(2,3)12-14-10(16-17-12)9-6-19(4-5-21-9)11(20)8-7-22-18-15-8/h7,9H,4-6H2,1-3H3,(H,14,16,17)/t9-/m1/s1. The van der Waals surface area contributed by atoms with Crippen molar-refractivity contribution >= 4 is 17.4 Å². The second-order valence-electron chi connectivity index (χ2n) is 6.20. The first-order valence-corrected chi connectivity index (χ1v) is 7.89. The summed E-state index contributed by atoms with van der Waals surface area (Å²) in [6, 6.07) is 0. The van der Waals surface area contributed by atoms with Gasteiger partial charge in [-0.3, -0.25) is 9.89 Å². The Labute approximate surface area is 132 Å². The van der Waals surface area contributed by atoms with Crippen molar-refractivity contribution in [2.24, 2.45) is 0 Å². The summed E-state index contributed by atoms with van der Waals surface area (Å²) in [5.74, 6) is 1.26. The van der Waals surface area contributed by atoms with Crippen LogP contribution < -0.4 is 0 Å². The Morgan fingerprint density at radius 3 is 2.95 bits per heavy atom. The fourth-order valence-electron chi connectivity index (χ4n) is 2.17. The summed E-state index contributed by atoms with van der Waals surface area (Å²) >= 11 is 1.17. The molecule has 3 heterocycles. The normalized spacial score (nSPS) is 19.4. The topological polar surface area (TPSA) is 96.9 Å². The number of hydrogen-bond donors (Lipinski definition) is 1. The number of hydrogen-bond acceptors (Lipinski definition) is 7. The first-order chi connectivity index (χ1) is 10.4. The molecule has 3 rings (SSSR count). The van der Waals surface area contributed by atoms with Gasteiger partial charge in [-0.1, -0.05) is 25.3 Å².